The molecule has 0 atom stereocenters. The largest absolute Gasteiger partial charge is 0.468 e. The van der Waals surface area contributed by atoms with Gasteiger partial charge in [0, 0.05) is 28.8 Å². The van der Waals surface area contributed by atoms with Crippen molar-refractivity contribution in [2.45, 2.75) is 6.92 Å². The second-order valence-electron chi connectivity index (χ2n) is 4.08. The van der Waals surface area contributed by atoms with E-state index < -0.39 is 0 Å². The average Bonchev–Trinajstić information content (AvgIpc) is 2.43. The van der Waals surface area contributed by atoms with E-state index in [1.807, 2.05) is 36.1 Å². The van der Waals surface area contributed by atoms with Crippen LogP contribution in [-0.2, 0) is 9.53 Å². The van der Waals surface area contributed by atoms with Crippen LogP contribution in [0.4, 0.5) is 5.69 Å². The van der Waals surface area contributed by atoms with Gasteiger partial charge in [-0.2, -0.15) is 0 Å². The normalized spacial score (nSPS) is 10.5. The van der Waals surface area contributed by atoms with Crippen molar-refractivity contribution in [1.29, 1.82) is 0 Å². The van der Waals surface area contributed by atoms with E-state index in [9.17, 15) is 4.79 Å². The first kappa shape index (κ1) is 13.6. The molecule has 0 saturated heterocycles. The van der Waals surface area contributed by atoms with Crippen LogP contribution in [0.25, 0.3) is 10.9 Å². The molecule has 0 fully saturated rings. The molecule has 0 amide bonds. The van der Waals surface area contributed by atoms with Crippen molar-refractivity contribution in [3.05, 3.63) is 35.5 Å². The summed E-state index contributed by atoms with van der Waals surface area (Å²) in [7, 11) is 1.39. The topological polar surface area (TPSA) is 42.4 Å². The third kappa shape index (κ3) is 2.96. The number of fused-ring (bicyclic) bond motifs is 1. The first-order valence-corrected chi connectivity index (χ1v) is 6.39. The van der Waals surface area contributed by atoms with Gasteiger partial charge in [0.2, 0.25) is 0 Å². The van der Waals surface area contributed by atoms with Crippen LogP contribution < -0.4 is 4.90 Å². The number of aromatic nitrogens is 1. The molecule has 100 valence electrons. The Hall–Kier alpha value is -1.81. The van der Waals surface area contributed by atoms with E-state index in [1.165, 1.54) is 7.11 Å². The molecule has 5 heteroatoms. The number of hydrogen-bond donors (Lipinski definition) is 0. The lowest BCUT2D eigenvalue weighted by Crippen LogP contribution is -2.30. The zero-order chi connectivity index (χ0) is 13.8. The van der Waals surface area contributed by atoms with Crippen molar-refractivity contribution in [2.75, 3.05) is 25.1 Å². The number of rotatable bonds is 4. The number of hydrogen-bond acceptors (Lipinski definition) is 4. The molecule has 0 aliphatic rings. The predicted molar refractivity (Wildman–Crippen MR) is 76.7 cm³/mol. The van der Waals surface area contributed by atoms with E-state index in [1.54, 1.807) is 6.20 Å². The Labute approximate surface area is 116 Å². The fourth-order valence-electron chi connectivity index (χ4n) is 1.97. The van der Waals surface area contributed by atoms with Crippen molar-refractivity contribution < 1.29 is 9.53 Å². The van der Waals surface area contributed by atoms with Gasteiger partial charge in [0.25, 0.3) is 0 Å². The van der Waals surface area contributed by atoms with E-state index >= 15 is 0 Å². The Kier molecular flexibility index (Phi) is 4.22. The van der Waals surface area contributed by atoms with Crippen molar-refractivity contribution in [3.8, 4) is 0 Å². The van der Waals surface area contributed by atoms with E-state index in [4.69, 9.17) is 16.3 Å². The Balaban J connectivity index is 2.45. The highest BCUT2D eigenvalue weighted by molar-refractivity contribution is 6.31. The number of nitrogens with zero attached hydrogens (tertiary/aromatic N) is 2. The summed E-state index contributed by atoms with van der Waals surface area (Å²) < 4.78 is 4.72. The zero-order valence-corrected chi connectivity index (χ0v) is 11.6. The lowest BCUT2D eigenvalue weighted by Gasteiger charge is -2.23. The summed E-state index contributed by atoms with van der Waals surface area (Å²) in [6.45, 7) is 2.91. The Morgan fingerprint density at radius 3 is 2.89 bits per heavy atom. The SMILES string of the molecule is CCN(CC(=O)OC)c1ccnc2cc(Cl)ccc12. The molecule has 2 aromatic rings. The predicted octanol–water partition coefficient (Wildman–Crippen LogP) is 2.89. The van der Waals surface area contributed by atoms with Gasteiger partial charge in [-0.3, -0.25) is 9.78 Å². The molecule has 0 radical (unpaired) electrons. The number of likely N-dealkylation sites (N-methyl/N-ethyl adjacent to an activating group) is 1. The summed E-state index contributed by atoms with van der Waals surface area (Å²) in [5, 5.41) is 1.62. The third-order valence-electron chi connectivity index (χ3n) is 2.95. The summed E-state index contributed by atoms with van der Waals surface area (Å²) in [4.78, 5) is 17.7. The van der Waals surface area contributed by atoms with E-state index in [0.29, 0.717) is 11.6 Å². The molecule has 0 aliphatic heterocycles. The number of halogens is 1. The maximum absolute atomic E-state index is 11.4. The van der Waals surface area contributed by atoms with E-state index in [-0.39, 0.29) is 12.5 Å². The fraction of sp³-hybridized carbons (Fsp3) is 0.286. The molecule has 2 rings (SSSR count). The highest BCUT2D eigenvalue weighted by Gasteiger charge is 2.13. The lowest BCUT2D eigenvalue weighted by molar-refractivity contribution is -0.138. The minimum absolute atomic E-state index is 0.217. The van der Waals surface area contributed by atoms with Crippen LogP contribution in [-0.4, -0.2) is 31.2 Å². The molecule has 1 aromatic carbocycles. The van der Waals surface area contributed by atoms with Gasteiger partial charge in [-0.15, -0.1) is 0 Å². The number of carbonyl (C=O) groups excluding carboxylic acids is 1. The van der Waals surface area contributed by atoms with E-state index in [2.05, 4.69) is 4.98 Å². The molecule has 1 heterocycles. The maximum atomic E-state index is 11.4. The van der Waals surface area contributed by atoms with Crippen LogP contribution in [0.1, 0.15) is 6.92 Å². The Morgan fingerprint density at radius 2 is 2.21 bits per heavy atom. The highest BCUT2D eigenvalue weighted by atomic mass is 35.5. The summed E-state index contributed by atoms with van der Waals surface area (Å²) in [6, 6.07) is 7.44. The molecule has 0 spiro atoms. The molecule has 0 saturated carbocycles. The van der Waals surface area contributed by atoms with Crippen molar-refractivity contribution in [3.63, 3.8) is 0 Å². The molecule has 19 heavy (non-hydrogen) atoms. The fourth-order valence-corrected chi connectivity index (χ4v) is 2.14. The van der Waals surface area contributed by atoms with Gasteiger partial charge in [0.15, 0.2) is 0 Å². The first-order valence-electron chi connectivity index (χ1n) is 6.01. The zero-order valence-electron chi connectivity index (χ0n) is 10.9. The summed E-state index contributed by atoms with van der Waals surface area (Å²) in [5.41, 5.74) is 1.77. The minimum Gasteiger partial charge on any atom is -0.468 e. The van der Waals surface area contributed by atoms with Crippen LogP contribution in [0.2, 0.25) is 5.02 Å². The molecular formula is C14H15ClN2O2. The van der Waals surface area contributed by atoms with E-state index in [0.717, 1.165) is 16.6 Å². The van der Waals surface area contributed by atoms with Crippen LogP contribution in [0.15, 0.2) is 30.5 Å². The summed E-state index contributed by atoms with van der Waals surface area (Å²) in [5.74, 6) is -0.263. The Morgan fingerprint density at radius 1 is 1.42 bits per heavy atom. The summed E-state index contributed by atoms with van der Waals surface area (Å²) >= 11 is 5.96. The number of carbonyl (C=O) groups is 1. The van der Waals surface area contributed by atoms with Gasteiger partial charge in [0.05, 0.1) is 12.6 Å². The van der Waals surface area contributed by atoms with Gasteiger partial charge in [0.1, 0.15) is 6.54 Å². The van der Waals surface area contributed by atoms with Crippen LogP contribution in [0, 0.1) is 0 Å². The molecule has 0 unspecified atom stereocenters. The Bertz CT molecular complexity index is 601. The molecule has 4 nitrogen and oxygen atoms in total. The van der Waals surface area contributed by atoms with Crippen LogP contribution >= 0.6 is 11.6 Å². The number of pyridine rings is 1. The van der Waals surface area contributed by atoms with Crippen LogP contribution in [0.3, 0.4) is 0 Å². The van der Waals surface area contributed by atoms with Gasteiger partial charge < -0.3 is 9.64 Å². The minimum atomic E-state index is -0.263. The number of esters is 1. The number of anilines is 1. The molecule has 0 aliphatic carbocycles. The number of methoxy groups -OCH3 is 1. The van der Waals surface area contributed by atoms with Gasteiger partial charge in [-0.1, -0.05) is 11.6 Å². The molecule has 0 bridgehead atoms. The third-order valence-corrected chi connectivity index (χ3v) is 3.19. The van der Waals surface area contributed by atoms with Crippen molar-refractivity contribution in [1.82, 2.24) is 4.98 Å². The average molecular weight is 279 g/mol. The van der Waals surface area contributed by atoms with Crippen molar-refractivity contribution in [2.24, 2.45) is 0 Å². The van der Waals surface area contributed by atoms with Gasteiger partial charge in [-0.05, 0) is 31.2 Å². The standard InChI is InChI=1S/C14H15ClN2O2/c1-3-17(9-14(18)19-2)13-6-7-16-12-8-10(15)4-5-11(12)13/h4-8H,3,9H2,1-2H3. The number of benzene rings is 1. The molecule has 1 aromatic heterocycles. The lowest BCUT2D eigenvalue weighted by atomic mass is 10.1. The maximum Gasteiger partial charge on any atom is 0.325 e. The summed E-state index contributed by atoms with van der Waals surface area (Å²) in [6.07, 6.45) is 1.72. The number of ether oxygens (including phenoxy) is 1. The van der Waals surface area contributed by atoms with Gasteiger partial charge in [-0.25, -0.2) is 0 Å². The highest BCUT2D eigenvalue weighted by Crippen LogP contribution is 2.27. The van der Waals surface area contributed by atoms with Crippen molar-refractivity contribution >= 4 is 34.2 Å². The molecule has 0 N–H and O–H groups in total. The first-order chi connectivity index (χ1) is 9.15. The van der Waals surface area contributed by atoms with Crippen LogP contribution in [0.5, 0.6) is 0 Å². The quantitative estimate of drug-likeness (QED) is 0.807. The smallest absolute Gasteiger partial charge is 0.325 e. The molecular weight excluding hydrogens is 264 g/mol. The second-order valence-corrected chi connectivity index (χ2v) is 4.52. The second kappa shape index (κ2) is 5.89. The van der Waals surface area contributed by atoms with Gasteiger partial charge >= 0.3 is 5.97 Å². The monoisotopic (exact) mass is 278 g/mol.